The van der Waals surface area contributed by atoms with Crippen LogP contribution in [-0.2, 0) is 6.42 Å². The maximum Gasteiger partial charge on any atom is 0.228 e. The fourth-order valence-electron chi connectivity index (χ4n) is 1.21. The zero-order chi connectivity index (χ0) is 11.8. The highest BCUT2D eigenvalue weighted by molar-refractivity contribution is 14.0. The number of hydrogen-bond acceptors (Lipinski definition) is 4. The summed E-state index contributed by atoms with van der Waals surface area (Å²) >= 11 is 0. The lowest BCUT2D eigenvalue weighted by atomic mass is 10.4. The predicted molar refractivity (Wildman–Crippen MR) is 77.8 cm³/mol. The van der Waals surface area contributed by atoms with Crippen LogP contribution < -0.4 is 10.6 Å². The minimum atomic E-state index is 0. The quantitative estimate of drug-likeness (QED) is 0.471. The highest BCUT2D eigenvalue weighted by Gasteiger charge is 2.01. The number of guanidine groups is 1. The lowest BCUT2D eigenvalue weighted by Crippen LogP contribution is -2.37. The van der Waals surface area contributed by atoms with Crippen LogP contribution in [0.25, 0.3) is 0 Å². The maximum absolute atomic E-state index is 4.99. The molecule has 1 rings (SSSR count). The van der Waals surface area contributed by atoms with E-state index in [9.17, 15) is 0 Å². The first-order valence-electron chi connectivity index (χ1n) is 5.57. The molecule has 0 spiro atoms. The van der Waals surface area contributed by atoms with Crippen LogP contribution in [0.3, 0.4) is 0 Å². The van der Waals surface area contributed by atoms with Gasteiger partial charge in [0.25, 0.3) is 0 Å². The highest BCUT2D eigenvalue weighted by atomic mass is 127. The van der Waals surface area contributed by atoms with Crippen LogP contribution in [0.2, 0.25) is 0 Å². The minimum Gasteiger partial charge on any atom is -0.357 e. The molecule has 0 saturated carbocycles. The Bertz CT molecular complexity index is 331. The van der Waals surface area contributed by atoms with Crippen molar-refractivity contribution >= 4 is 29.9 Å². The number of halogens is 1. The van der Waals surface area contributed by atoms with Crippen molar-refractivity contribution < 1.29 is 4.52 Å². The third-order valence-electron chi connectivity index (χ3n) is 1.85. The van der Waals surface area contributed by atoms with Crippen LogP contribution in [0.15, 0.2) is 9.52 Å². The maximum atomic E-state index is 4.99. The van der Waals surface area contributed by atoms with Gasteiger partial charge in [-0.2, -0.15) is 4.98 Å². The van der Waals surface area contributed by atoms with E-state index in [1.54, 1.807) is 6.92 Å². The van der Waals surface area contributed by atoms with Crippen molar-refractivity contribution in [1.82, 2.24) is 20.8 Å². The van der Waals surface area contributed by atoms with Crippen LogP contribution in [0.1, 0.15) is 25.6 Å². The molecule has 1 aromatic rings. The molecule has 6 nitrogen and oxygen atoms in total. The Hall–Kier alpha value is -0.860. The van der Waals surface area contributed by atoms with E-state index in [0.717, 1.165) is 19.0 Å². The number of aromatic nitrogens is 2. The summed E-state index contributed by atoms with van der Waals surface area (Å²) in [6.45, 7) is 8.22. The summed E-state index contributed by atoms with van der Waals surface area (Å²) in [5.74, 6) is 2.12. The van der Waals surface area contributed by atoms with Gasteiger partial charge in [-0.05, 0) is 20.8 Å². The molecule has 0 aliphatic rings. The molecule has 0 fully saturated rings. The molecule has 0 aromatic carbocycles. The zero-order valence-corrected chi connectivity index (χ0v) is 12.8. The molecule has 0 unspecified atom stereocenters. The molecule has 0 bridgehead atoms. The number of nitrogens with one attached hydrogen (secondary N) is 2. The molecule has 0 amide bonds. The van der Waals surface area contributed by atoms with Crippen molar-refractivity contribution in [2.75, 3.05) is 19.6 Å². The van der Waals surface area contributed by atoms with Crippen LogP contribution in [0.4, 0.5) is 0 Å². The number of hydrogen-bond donors (Lipinski definition) is 2. The minimum absolute atomic E-state index is 0. The zero-order valence-electron chi connectivity index (χ0n) is 10.5. The third kappa shape index (κ3) is 6.44. The Labute approximate surface area is 119 Å². The Balaban J connectivity index is 0.00000256. The highest BCUT2D eigenvalue weighted by Crippen LogP contribution is 1.96. The fraction of sp³-hybridized carbons (Fsp3) is 0.700. The summed E-state index contributed by atoms with van der Waals surface area (Å²) < 4.78 is 4.99. The first kappa shape index (κ1) is 16.1. The average molecular weight is 353 g/mol. The van der Waals surface area contributed by atoms with Crippen molar-refractivity contribution in [3.63, 3.8) is 0 Å². The van der Waals surface area contributed by atoms with Crippen LogP contribution in [0, 0.1) is 6.92 Å². The molecule has 0 aliphatic heterocycles. The van der Waals surface area contributed by atoms with Crippen molar-refractivity contribution in [1.29, 1.82) is 0 Å². The molecular weight excluding hydrogens is 333 g/mol. The number of aliphatic imine (C=N–C) groups is 1. The summed E-state index contributed by atoms with van der Waals surface area (Å²) in [6.07, 6.45) is 0.668. The van der Waals surface area contributed by atoms with Gasteiger partial charge in [0.2, 0.25) is 5.89 Å². The van der Waals surface area contributed by atoms with Gasteiger partial charge in [-0.25, -0.2) is 0 Å². The van der Waals surface area contributed by atoms with E-state index in [0.29, 0.717) is 24.7 Å². The molecular formula is C10H20IN5O. The van der Waals surface area contributed by atoms with E-state index in [-0.39, 0.29) is 24.0 Å². The lowest BCUT2D eigenvalue weighted by Gasteiger charge is -2.08. The van der Waals surface area contributed by atoms with Gasteiger partial charge in [0.1, 0.15) is 0 Å². The molecule has 98 valence electrons. The van der Waals surface area contributed by atoms with E-state index < -0.39 is 0 Å². The SMILES string of the molecule is CCNC(=NCCc1nc(C)no1)NCC.I. The molecule has 1 aromatic heterocycles. The van der Waals surface area contributed by atoms with E-state index in [1.165, 1.54) is 0 Å². The van der Waals surface area contributed by atoms with E-state index in [4.69, 9.17) is 4.52 Å². The van der Waals surface area contributed by atoms with Crippen LogP contribution in [0.5, 0.6) is 0 Å². The largest absolute Gasteiger partial charge is 0.357 e. The second kappa shape index (κ2) is 9.20. The molecule has 0 radical (unpaired) electrons. The lowest BCUT2D eigenvalue weighted by molar-refractivity contribution is 0.376. The molecule has 0 aliphatic carbocycles. The van der Waals surface area contributed by atoms with Gasteiger partial charge in [0.05, 0.1) is 6.54 Å². The van der Waals surface area contributed by atoms with Crippen molar-refractivity contribution in [2.45, 2.75) is 27.2 Å². The molecule has 0 saturated heterocycles. The third-order valence-corrected chi connectivity index (χ3v) is 1.85. The normalized spacial score (nSPS) is 9.35. The summed E-state index contributed by atoms with van der Waals surface area (Å²) in [4.78, 5) is 8.49. The topological polar surface area (TPSA) is 75.3 Å². The van der Waals surface area contributed by atoms with Crippen molar-refractivity contribution in [2.24, 2.45) is 4.99 Å². The van der Waals surface area contributed by atoms with E-state index >= 15 is 0 Å². The first-order chi connectivity index (χ1) is 7.76. The van der Waals surface area contributed by atoms with Crippen molar-refractivity contribution in [3.8, 4) is 0 Å². The summed E-state index contributed by atoms with van der Waals surface area (Å²) in [6, 6.07) is 0. The summed E-state index contributed by atoms with van der Waals surface area (Å²) in [5, 5.41) is 10.0. The predicted octanol–water partition coefficient (Wildman–Crippen LogP) is 1.11. The van der Waals surface area contributed by atoms with Crippen LogP contribution in [-0.4, -0.2) is 35.7 Å². The Morgan fingerprint density at radius 1 is 1.29 bits per heavy atom. The Morgan fingerprint density at radius 2 is 1.94 bits per heavy atom. The van der Waals surface area contributed by atoms with E-state index in [2.05, 4.69) is 25.8 Å². The first-order valence-corrected chi connectivity index (χ1v) is 5.57. The van der Waals surface area contributed by atoms with Gasteiger partial charge in [0, 0.05) is 19.5 Å². The molecule has 7 heteroatoms. The Kier molecular flexibility index (Phi) is 8.73. The molecule has 2 N–H and O–H groups in total. The summed E-state index contributed by atoms with van der Waals surface area (Å²) in [7, 11) is 0. The van der Waals surface area contributed by atoms with Crippen molar-refractivity contribution in [3.05, 3.63) is 11.7 Å². The second-order valence-electron chi connectivity index (χ2n) is 3.28. The van der Waals surface area contributed by atoms with E-state index in [1.807, 2.05) is 13.8 Å². The van der Waals surface area contributed by atoms with Gasteiger partial charge in [-0.15, -0.1) is 24.0 Å². The number of aryl methyl sites for hydroxylation is 1. The number of nitrogens with zero attached hydrogens (tertiary/aromatic N) is 3. The Morgan fingerprint density at radius 3 is 2.41 bits per heavy atom. The second-order valence-corrected chi connectivity index (χ2v) is 3.28. The monoisotopic (exact) mass is 353 g/mol. The van der Waals surface area contributed by atoms with Gasteiger partial charge in [0.15, 0.2) is 11.8 Å². The smallest absolute Gasteiger partial charge is 0.228 e. The molecule has 0 atom stereocenters. The summed E-state index contributed by atoms with van der Waals surface area (Å²) in [5.41, 5.74) is 0. The van der Waals surface area contributed by atoms with Crippen LogP contribution >= 0.6 is 24.0 Å². The molecule has 17 heavy (non-hydrogen) atoms. The standard InChI is InChI=1S/C10H19N5O.HI/c1-4-11-10(12-5-2)13-7-6-9-14-8(3)15-16-9;/h4-7H2,1-3H3,(H2,11,12,13);1H. The van der Waals surface area contributed by atoms with Gasteiger partial charge < -0.3 is 15.2 Å². The van der Waals surface area contributed by atoms with Gasteiger partial charge in [-0.3, -0.25) is 4.99 Å². The fourth-order valence-corrected chi connectivity index (χ4v) is 1.21. The number of rotatable bonds is 5. The average Bonchev–Trinajstić information content (AvgIpc) is 2.65. The van der Waals surface area contributed by atoms with Gasteiger partial charge in [-0.1, -0.05) is 5.16 Å². The molecule has 1 heterocycles. The van der Waals surface area contributed by atoms with Gasteiger partial charge >= 0.3 is 0 Å².